The first-order valence-electron chi connectivity index (χ1n) is 7.62. The van der Waals surface area contributed by atoms with Gasteiger partial charge in [0.05, 0.1) is 11.2 Å². The van der Waals surface area contributed by atoms with Crippen LogP contribution in [0.25, 0.3) is 11.1 Å². The van der Waals surface area contributed by atoms with E-state index in [0.29, 0.717) is 10.6 Å². The van der Waals surface area contributed by atoms with Crippen LogP contribution in [0.2, 0.25) is 5.02 Å². The Hall–Kier alpha value is -1.36. The minimum atomic E-state index is -0.823. The number of hydrogen-bond acceptors (Lipinski definition) is 2. The predicted molar refractivity (Wildman–Crippen MR) is 92.6 cm³/mol. The van der Waals surface area contributed by atoms with Crippen molar-refractivity contribution in [1.29, 1.82) is 0 Å². The topological polar surface area (TPSA) is 18.5 Å². The molecule has 1 aliphatic heterocycles. The molecule has 1 fully saturated rings. The molecule has 1 aliphatic rings. The van der Waals surface area contributed by atoms with Crippen LogP contribution in [0, 0.1) is 5.82 Å². The van der Waals surface area contributed by atoms with Crippen LogP contribution in [0.3, 0.4) is 0 Å². The Kier molecular flexibility index (Phi) is 4.03. The van der Waals surface area contributed by atoms with Gasteiger partial charge < -0.3 is 9.31 Å². The molecule has 0 radical (unpaired) electrons. The maximum Gasteiger partial charge on any atom is 0.499 e. The maximum absolute atomic E-state index is 15.1. The van der Waals surface area contributed by atoms with E-state index < -0.39 is 24.1 Å². The molecule has 120 valence electrons. The summed E-state index contributed by atoms with van der Waals surface area (Å²) in [5.41, 5.74) is 0.442. The van der Waals surface area contributed by atoms with Crippen molar-refractivity contribution in [2.24, 2.45) is 0 Å². The van der Waals surface area contributed by atoms with E-state index in [0.717, 1.165) is 5.56 Å². The lowest BCUT2D eigenvalue weighted by molar-refractivity contribution is 0.00578. The molecule has 23 heavy (non-hydrogen) atoms. The Morgan fingerprint density at radius 1 is 0.913 bits per heavy atom. The average molecular weight is 333 g/mol. The Morgan fingerprint density at radius 2 is 1.48 bits per heavy atom. The molecule has 0 unspecified atom stereocenters. The highest BCUT2D eigenvalue weighted by Gasteiger charge is 2.53. The third-order valence-electron chi connectivity index (χ3n) is 4.70. The summed E-state index contributed by atoms with van der Waals surface area (Å²) in [6.07, 6.45) is 0. The fraction of sp³-hybridized carbons (Fsp3) is 0.333. The zero-order valence-electron chi connectivity index (χ0n) is 13.7. The van der Waals surface area contributed by atoms with E-state index in [1.807, 2.05) is 58.0 Å². The molecule has 0 spiro atoms. The normalized spacial score (nSPS) is 19.1. The maximum atomic E-state index is 15.1. The van der Waals surface area contributed by atoms with E-state index in [4.69, 9.17) is 20.9 Å². The standard InChI is InChI=1S/C18H19BClFO2/c1-17(2)18(3,4)23-19(22-17)15-14(20)11-10-13(16(15)21)12-8-6-5-7-9-12/h5-11H,1-4H3. The third kappa shape index (κ3) is 2.80. The SMILES string of the molecule is CC1(C)OB(c2c(Cl)ccc(-c3ccccc3)c2F)OC1(C)C. The van der Waals surface area contributed by atoms with Gasteiger partial charge in [-0.25, -0.2) is 4.39 Å². The summed E-state index contributed by atoms with van der Waals surface area (Å²) in [6.45, 7) is 7.72. The molecule has 2 aromatic carbocycles. The molecule has 0 aliphatic carbocycles. The first kappa shape index (κ1) is 16.5. The fourth-order valence-electron chi connectivity index (χ4n) is 2.59. The van der Waals surface area contributed by atoms with Crippen LogP contribution < -0.4 is 5.46 Å². The Morgan fingerprint density at radius 3 is 2.04 bits per heavy atom. The van der Waals surface area contributed by atoms with Gasteiger partial charge in [-0.2, -0.15) is 0 Å². The second kappa shape index (κ2) is 5.62. The molecule has 0 amide bonds. The minimum Gasteiger partial charge on any atom is -0.399 e. The molecule has 0 bridgehead atoms. The highest BCUT2D eigenvalue weighted by Crippen LogP contribution is 2.38. The van der Waals surface area contributed by atoms with Gasteiger partial charge in [-0.1, -0.05) is 41.9 Å². The zero-order valence-corrected chi connectivity index (χ0v) is 14.4. The van der Waals surface area contributed by atoms with Gasteiger partial charge in [-0.15, -0.1) is 0 Å². The molecular weight excluding hydrogens is 313 g/mol. The van der Waals surface area contributed by atoms with Gasteiger partial charge in [0, 0.05) is 16.0 Å². The summed E-state index contributed by atoms with van der Waals surface area (Å²) >= 11 is 6.26. The summed E-state index contributed by atoms with van der Waals surface area (Å²) in [4.78, 5) is 0. The van der Waals surface area contributed by atoms with Crippen molar-refractivity contribution in [3.05, 3.63) is 53.3 Å². The molecule has 2 nitrogen and oxygen atoms in total. The summed E-state index contributed by atoms with van der Waals surface area (Å²) in [6, 6.07) is 12.7. The van der Waals surface area contributed by atoms with Crippen molar-refractivity contribution >= 4 is 24.2 Å². The van der Waals surface area contributed by atoms with Gasteiger partial charge in [0.15, 0.2) is 0 Å². The van der Waals surface area contributed by atoms with Gasteiger partial charge in [-0.3, -0.25) is 0 Å². The van der Waals surface area contributed by atoms with Crippen molar-refractivity contribution < 1.29 is 13.7 Å². The van der Waals surface area contributed by atoms with Gasteiger partial charge in [0.1, 0.15) is 5.82 Å². The van der Waals surface area contributed by atoms with Crippen LogP contribution in [0.15, 0.2) is 42.5 Å². The fourth-order valence-corrected chi connectivity index (χ4v) is 2.82. The lowest BCUT2D eigenvalue weighted by Gasteiger charge is -2.32. The van der Waals surface area contributed by atoms with E-state index >= 15 is 4.39 Å². The van der Waals surface area contributed by atoms with Crippen LogP contribution in [-0.4, -0.2) is 18.3 Å². The van der Waals surface area contributed by atoms with Crippen molar-refractivity contribution in [3.8, 4) is 11.1 Å². The molecule has 0 N–H and O–H groups in total. The van der Waals surface area contributed by atoms with Gasteiger partial charge in [0.25, 0.3) is 0 Å². The lowest BCUT2D eigenvalue weighted by Crippen LogP contribution is -2.41. The zero-order chi connectivity index (χ0) is 16.8. The van der Waals surface area contributed by atoms with Crippen LogP contribution in [-0.2, 0) is 9.31 Å². The molecule has 3 rings (SSSR count). The van der Waals surface area contributed by atoms with Gasteiger partial charge in [-0.05, 0) is 45.4 Å². The summed E-state index contributed by atoms with van der Waals surface area (Å²) in [5, 5.41) is 0.306. The van der Waals surface area contributed by atoms with Crippen LogP contribution in [0.5, 0.6) is 0 Å². The molecule has 0 aromatic heterocycles. The summed E-state index contributed by atoms with van der Waals surface area (Å²) < 4.78 is 27.0. The minimum absolute atomic E-state index is 0.256. The Labute approximate surface area is 141 Å². The molecule has 2 aromatic rings. The Bertz CT molecular complexity index is 715. The second-order valence-electron chi connectivity index (χ2n) is 6.78. The number of halogens is 2. The Balaban J connectivity index is 2.08. The number of benzene rings is 2. The molecular formula is C18H19BClFO2. The van der Waals surface area contributed by atoms with Crippen LogP contribution in [0.1, 0.15) is 27.7 Å². The monoisotopic (exact) mass is 332 g/mol. The average Bonchev–Trinajstić information content (AvgIpc) is 2.68. The quantitative estimate of drug-likeness (QED) is 0.757. The molecule has 1 heterocycles. The van der Waals surface area contributed by atoms with E-state index in [1.54, 1.807) is 12.1 Å². The molecule has 5 heteroatoms. The number of rotatable bonds is 2. The lowest BCUT2D eigenvalue weighted by atomic mass is 9.77. The van der Waals surface area contributed by atoms with Crippen molar-refractivity contribution in [2.75, 3.05) is 0 Å². The largest absolute Gasteiger partial charge is 0.499 e. The van der Waals surface area contributed by atoms with E-state index in [9.17, 15) is 0 Å². The van der Waals surface area contributed by atoms with Crippen molar-refractivity contribution in [1.82, 2.24) is 0 Å². The van der Waals surface area contributed by atoms with E-state index in [1.165, 1.54) is 0 Å². The van der Waals surface area contributed by atoms with Gasteiger partial charge in [0.2, 0.25) is 0 Å². The van der Waals surface area contributed by atoms with Crippen LogP contribution in [0.4, 0.5) is 4.39 Å². The second-order valence-corrected chi connectivity index (χ2v) is 7.18. The highest BCUT2D eigenvalue weighted by atomic mass is 35.5. The highest BCUT2D eigenvalue weighted by molar-refractivity contribution is 6.66. The summed E-state index contributed by atoms with van der Waals surface area (Å²) in [5.74, 6) is -0.401. The third-order valence-corrected chi connectivity index (χ3v) is 5.03. The molecule has 0 saturated carbocycles. The molecule has 1 saturated heterocycles. The van der Waals surface area contributed by atoms with E-state index in [2.05, 4.69) is 0 Å². The van der Waals surface area contributed by atoms with E-state index in [-0.39, 0.29) is 5.46 Å². The smallest absolute Gasteiger partial charge is 0.399 e. The van der Waals surface area contributed by atoms with Crippen molar-refractivity contribution in [3.63, 3.8) is 0 Å². The first-order chi connectivity index (χ1) is 10.7. The first-order valence-corrected chi connectivity index (χ1v) is 8.00. The number of hydrogen-bond donors (Lipinski definition) is 0. The van der Waals surface area contributed by atoms with Gasteiger partial charge >= 0.3 is 7.12 Å². The van der Waals surface area contributed by atoms with Crippen LogP contribution >= 0.6 is 11.6 Å². The predicted octanol–water partition coefficient (Wildman–Crippen LogP) is 4.45. The summed E-state index contributed by atoms with van der Waals surface area (Å²) in [7, 11) is -0.823. The van der Waals surface area contributed by atoms with Crippen molar-refractivity contribution in [2.45, 2.75) is 38.9 Å². The molecule has 0 atom stereocenters.